The molecule has 0 aliphatic carbocycles. The van der Waals surface area contributed by atoms with Crippen molar-refractivity contribution >= 4 is 28.1 Å². The lowest BCUT2D eigenvalue weighted by Gasteiger charge is -2.12. The molecule has 1 aromatic carbocycles. The summed E-state index contributed by atoms with van der Waals surface area (Å²) in [7, 11) is 3.02. The third-order valence-electron chi connectivity index (χ3n) is 2.47. The van der Waals surface area contributed by atoms with Gasteiger partial charge in [0, 0.05) is 20.2 Å². The van der Waals surface area contributed by atoms with Crippen LogP contribution in [0.15, 0.2) is 12.4 Å². The van der Waals surface area contributed by atoms with Gasteiger partial charge in [-0.1, -0.05) is 0 Å². The Labute approximate surface area is 100 Å². The van der Waals surface area contributed by atoms with Gasteiger partial charge in [0.1, 0.15) is 0 Å². The minimum absolute atomic E-state index is 0.0652. The van der Waals surface area contributed by atoms with Gasteiger partial charge >= 0.3 is 11.4 Å². The average molecular weight is 251 g/mol. The average Bonchev–Trinajstić information content (AvgIpc) is 2.72. The maximum atomic E-state index is 11.1. The van der Waals surface area contributed by atoms with Gasteiger partial charge in [0.2, 0.25) is 0 Å². The fourth-order valence-electron chi connectivity index (χ4n) is 1.79. The molecule has 0 spiro atoms. The molecule has 0 bridgehead atoms. The normalized spacial score (nSPS) is 10.6. The first-order valence-electron chi connectivity index (χ1n) is 4.89. The lowest BCUT2D eigenvalue weighted by molar-refractivity contribution is -0.391. The van der Waals surface area contributed by atoms with E-state index in [2.05, 4.69) is 9.97 Å². The molecule has 0 amide bonds. The summed E-state index contributed by atoms with van der Waals surface area (Å²) in [6.45, 7) is 0. The van der Waals surface area contributed by atoms with Crippen molar-refractivity contribution < 1.29 is 9.85 Å². The number of hydrogen-bond donors (Lipinski definition) is 1. The molecule has 2 aromatic rings. The van der Waals surface area contributed by atoms with Gasteiger partial charge in [0.25, 0.3) is 0 Å². The second kappa shape index (κ2) is 3.95. The van der Waals surface area contributed by atoms with Crippen molar-refractivity contribution in [2.45, 2.75) is 0 Å². The summed E-state index contributed by atoms with van der Waals surface area (Å²) in [5.41, 5.74) is -0.396. The van der Waals surface area contributed by atoms with E-state index in [1.54, 1.807) is 0 Å². The van der Waals surface area contributed by atoms with Crippen molar-refractivity contribution in [3.63, 3.8) is 0 Å². The number of H-pyrrole nitrogens is 1. The molecule has 9 heteroatoms. The molecule has 0 aliphatic heterocycles. The quantitative estimate of drug-likeness (QED) is 0.651. The zero-order valence-corrected chi connectivity index (χ0v) is 9.58. The Morgan fingerprint density at radius 3 is 2.44 bits per heavy atom. The Bertz CT molecular complexity index is 648. The molecule has 1 heterocycles. The number of rotatable bonds is 3. The largest absolute Gasteiger partial charge is 0.366 e. The molecule has 0 atom stereocenters. The molecule has 0 saturated carbocycles. The van der Waals surface area contributed by atoms with E-state index in [0.29, 0.717) is 0 Å². The fourth-order valence-corrected chi connectivity index (χ4v) is 1.79. The van der Waals surface area contributed by atoms with Crippen LogP contribution in [0, 0.1) is 20.2 Å². The number of aromatic amines is 1. The number of benzene rings is 1. The first-order chi connectivity index (χ1) is 8.43. The number of hydrogen-bond acceptors (Lipinski definition) is 6. The van der Waals surface area contributed by atoms with E-state index >= 15 is 0 Å². The van der Waals surface area contributed by atoms with Gasteiger partial charge in [0.05, 0.1) is 21.7 Å². The molecule has 9 nitrogen and oxygen atoms in total. The van der Waals surface area contributed by atoms with Crippen LogP contribution in [0.4, 0.5) is 17.1 Å². The lowest BCUT2D eigenvalue weighted by Crippen LogP contribution is -2.13. The molecule has 1 N–H and O–H groups in total. The minimum Gasteiger partial charge on any atom is -0.366 e. The summed E-state index contributed by atoms with van der Waals surface area (Å²) < 4.78 is 0. The van der Waals surface area contributed by atoms with Crippen LogP contribution >= 0.6 is 0 Å². The highest BCUT2D eigenvalue weighted by atomic mass is 16.6. The Morgan fingerprint density at radius 2 is 1.94 bits per heavy atom. The van der Waals surface area contributed by atoms with Crippen LogP contribution < -0.4 is 4.90 Å². The van der Waals surface area contributed by atoms with Crippen molar-refractivity contribution in [2.75, 3.05) is 19.0 Å². The summed E-state index contributed by atoms with van der Waals surface area (Å²) in [5, 5.41) is 22.1. The number of anilines is 1. The number of imidazole rings is 1. The van der Waals surface area contributed by atoms with E-state index in [9.17, 15) is 20.2 Å². The van der Waals surface area contributed by atoms with Crippen molar-refractivity contribution in [3.05, 3.63) is 32.6 Å². The molecule has 0 unspecified atom stereocenters. The SMILES string of the molecule is CN(C)c1c([N+](=O)[O-])cc2[nH]cnc2c1[N+](=O)[O-]. The summed E-state index contributed by atoms with van der Waals surface area (Å²) in [5.74, 6) is 0. The van der Waals surface area contributed by atoms with Crippen molar-refractivity contribution in [1.29, 1.82) is 0 Å². The Hall–Kier alpha value is -2.71. The topological polar surface area (TPSA) is 118 Å². The molecule has 2 rings (SSSR count). The lowest BCUT2D eigenvalue weighted by atomic mass is 10.2. The smallest absolute Gasteiger partial charge is 0.327 e. The number of nitrogens with one attached hydrogen (secondary N) is 1. The second-order valence-electron chi connectivity index (χ2n) is 3.80. The van der Waals surface area contributed by atoms with Crippen LogP contribution in [0.5, 0.6) is 0 Å². The molecule has 0 aliphatic rings. The highest BCUT2D eigenvalue weighted by Gasteiger charge is 2.31. The van der Waals surface area contributed by atoms with Gasteiger partial charge in [0.15, 0.2) is 11.2 Å². The van der Waals surface area contributed by atoms with Gasteiger partial charge < -0.3 is 9.88 Å². The third-order valence-corrected chi connectivity index (χ3v) is 2.47. The summed E-state index contributed by atoms with van der Waals surface area (Å²) in [6, 6.07) is 1.24. The van der Waals surface area contributed by atoms with E-state index in [1.165, 1.54) is 31.4 Å². The van der Waals surface area contributed by atoms with Gasteiger partial charge in [-0.15, -0.1) is 0 Å². The predicted octanol–water partition coefficient (Wildman–Crippen LogP) is 1.45. The molecular formula is C9H9N5O4. The Morgan fingerprint density at radius 1 is 1.28 bits per heavy atom. The minimum atomic E-state index is -0.661. The molecular weight excluding hydrogens is 242 g/mol. The zero-order chi connectivity index (χ0) is 13.4. The van der Waals surface area contributed by atoms with Crippen LogP contribution in [0.1, 0.15) is 0 Å². The van der Waals surface area contributed by atoms with Gasteiger partial charge in [-0.25, -0.2) is 4.98 Å². The predicted molar refractivity (Wildman–Crippen MR) is 63.7 cm³/mol. The first-order valence-corrected chi connectivity index (χ1v) is 4.89. The van der Waals surface area contributed by atoms with E-state index in [-0.39, 0.29) is 28.1 Å². The van der Waals surface area contributed by atoms with E-state index in [0.717, 1.165) is 0 Å². The third kappa shape index (κ3) is 1.61. The fraction of sp³-hybridized carbons (Fsp3) is 0.222. The molecule has 0 fully saturated rings. The molecule has 94 valence electrons. The van der Waals surface area contributed by atoms with Crippen LogP contribution in [-0.4, -0.2) is 33.9 Å². The Balaban J connectivity index is 2.96. The van der Waals surface area contributed by atoms with E-state index in [1.807, 2.05) is 0 Å². The highest BCUT2D eigenvalue weighted by Crippen LogP contribution is 2.41. The number of nitro benzene ring substituents is 2. The number of aromatic nitrogens is 2. The standard InChI is InChI=1S/C9H9N5O4/c1-12(2)8-6(13(15)16)3-5-7(11-4-10-5)9(8)14(17)18/h3-4H,1-2H3,(H,10,11). The van der Waals surface area contributed by atoms with Gasteiger partial charge in [-0.2, -0.15) is 0 Å². The van der Waals surface area contributed by atoms with Crippen molar-refractivity contribution in [2.24, 2.45) is 0 Å². The summed E-state index contributed by atoms with van der Waals surface area (Å²) >= 11 is 0. The van der Waals surface area contributed by atoms with Crippen molar-refractivity contribution in [1.82, 2.24) is 9.97 Å². The van der Waals surface area contributed by atoms with Crippen LogP contribution in [0.2, 0.25) is 0 Å². The number of fused-ring (bicyclic) bond motifs is 1. The molecule has 1 aromatic heterocycles. The zero-order valence-electron chi connectivity index (χ0n) is 9.58. The molecule has 0 radical (unpaired) electrons. The first kappa shape index (κ1) is 11.8. The van der Waals surface area contributed by atoms with Crippen molar-refractivity contribution in [3.8, 4) is 0 Å². The maximum absolute atomic E-state index is 11.1. The number of nitrogens with zero attached hydrogens (tertiary/aromatic N) is 4. The second-order valence-corrected chi connectivity index (χ2v) is 3.80. The van der Waals surface area contributed by atoms with Crippen LogP contribution in [-0.2, 0) is 0 Å². The van der Waals surface area contributed by atoms with E-state index < -0.39 is 9.85 Å². The Kier molecular flexibility index (Phi) is 2.58. The highest BCUT2D eigenvalue weighted by molar-refractivity contribution is 5.96. The monoisotopic (exact) mass is 251 g/mol. The van der Waals surface area contributed by atoms with Gasteiger partial charge in [-0.3, -0.25) is 20.2 Å². The molecule has 18 heavy (non-hydrogen) atoms. The van der Waals surface area contributed by atoms with Crippen LogP contribution in [0.25, 0.3) is 11.0 Å². The molecule has 0 saturated heterocycles. The number of nitro groups is 2. The van der Waals surface area contributed by atoms with E-state index in [4.69, 9.17) is 0 Å². The van der Waals surface area contributed by atoms with Gasteiger partial charge in [-0.05, 0) is 0 Å². The maximum Gasteiger partial charge on any atom is 0.327 e. The van der Waals surface area contributed by atoms with Crippen LogP contribution in [0.3, 0.4) is 0 Å². The summed E-state index contributed by atoms with van der Waals surface area (Å²) in [6.07, 6.45) is 1.26. The summed E-state index contributed by atoms with van der Waals surface area (Å²) in [4.78, 5) is 28.6.